The van der Waals surface area contributed by atoms with E-state index in [4.69, 9.17) is 17.5 Å². The van der Waals surface area contributed by atoms with E-state index < -0.39 is 0 Å². The van der Waals surface area contributed by atoms with Crippen molar-refractivity contribution in [2.75, 3.05) is 0 Å². The fourth-order valence-corrected chi connectivity index (χ4v) is 1.59. The molecular formula is C11H10ClN3O. The van der Waals surface area contributed by atoms with Crippen molar-refractivity contribution in [3.05, 3.63) is 47.4 Å². The van der Waals surface area contributed by atoms with Crippen LogP contribution in [-0.4, -0.2) is 9.97 Å². The summed E-state index contributed by atoms with van der Waals surface area (Å²) in [4.78, 5) is 12.9. The summed E-state index contributed by atoms with van der Waals surface area (Å²) in [5.41, 5.74) is 2.30. The fraction of sp³-hybridized carbons (Fsp3) is 0.0909. The smallest absolute Gasteiger partial charge is 0.138 e. The van der Waals surface area contributed by atoms with Gasteiger partial charge in [-0.1, -0.05) is 17.7 Å². The van der Waals surface area contributed by atoms with Crippen molar-refractivity contribution < 1.29 is 4.84 Å². The summed E-state index contributed by atoms with van der Waals surface area (Å²) in [6.45, 7) is 0.270. The molecule has 5 heteroatoms. The Kier molecular flexibility index (Phi) is 3.46. The van der Waals surface area contributed by atoms with Crippen molar-refractivity contribution in [3.8, 4) is 11.3 Å². The number of hydrogen-bond donors (Lipinski definition) is 1. The summed E-state index contributed by atoms with van der Waals surface area (Å²) in [5.74, 6) is 5.00. The molecule has 0 aromatic carbocycles. The second-order valence-corrected chi connectivity index (χ2v) is 3.52. The van der Waals surface area contributed by atoms with Gasteiger partial charge in [0.05, 0.1) is 11.4 Å². The summed E-state index contributed by atoms with van der Waals surface area (Å²) in [7, 11) is 0. The molecule has 2 heterocycles. The van der Waals surface area contributed by atoms with Crippen LogP contribution < -0.4 is 5.90 Å². The highest BCUT2D eigenvalue weighted by Crippen LogP contribution is 2.23. The molecule has 4 nitrogen and oxygen atoms in total. The van der Waals surface area contributed by atoms with Gasteiger partial charge in [-0.25, -0.2) is 10.9 Å². The molecule has 0 fully saturated rings. The van der Waals surface area contributed by atoms with Crippen LogP contribution in [0.3, 0.4) is 0 Å². The molecule has 16 heavy (non-hydrogen) atoms. The van der Waals surface area contributed by atoms with Crippen LogP contribution >= 0.6 is 11.6 Å². The number of rotatable bonds is 3. The van der Waals surface area contributed by atoms with Crippen molar-refractivity contribution in [2.45, 2.75) is 6.61 Å². The molecule has 0 spiro atoms. The molecule has 0 aliphatic rings. The van der Waals surface area contributed by atoms with Crippen LogP contribution in [0.4, 0.5) is 0 Å². The predicted molar refractivity (Wildman–Crippen MR) is 61.5 cm³/mol. The number of nitrogens with two attached hydrogens (primary N) is 1. The Hall–Kier alpha value is -1.49. The van der Waals surface area contributed by atoms with Crippen LogP contribution in [0, 0.1) is 0 Å². The van der Waals surface area contributed by atoms with Crippen LogP contribution in [-0.2, 0) is 11.4 Å². The largest absolute Gasteiger partial charge is 0.298 e. The van der Waals surface area contributed by atoms with E-state index in [-0.39, 0.29) is 6.61 Å². The summed E-state index contributed by atoms with van der Waals surface area (Å²) < 4.78 is 0. The zero-order valence-corrected chi connectivity index (χ0v) is 9.19. The van der Waals surface area contributed by atoms with Crippen molar-refractivity contribution in [1.29, 1.82) is 0 Å². The second-order valence-electron chi connectivity index (χ2n) is 3.17. The highest BCUT2D eigenvalue weighted by molar-refractivity contribution is 6.31. The maximum absolute atomic E-state index is 5.98. The molecule has 82 valence electrons. The van der Waals surface area contributed by atoms with E-state index in [1.54, 1.807) is 6.20 Å². The Morgan fingerprint density at radius 1 is 1.25 bits per heavy atom. The van der Waals surface area contributed by atoms with Gasteiger partial charge in [-0.2, -0.15) is 0 Å². The minimum absolute atomic E-state index is 0.270. The van der Waals surface area contributed by atoms with E-state index in [2.05, 4.69) is 14.8 Å². The molecule has 0 saturated heterocycles. The van der Waals surface area contributed by atoms with Gasteiger partial charge in [-0.05, 0) is 24.3 Å². The zero-order chi connectivity index (χ0) is 11.4. The first-order chi connectivity index (χ1) is 7.81. The van der Waals surface area contributed by atoms with Gasteiger partial charge in [0.1, 0.15) is 11.8 Å². The lowest BCUT2D eigenvalue weighted by Crippen LogP contribution is -2.01. The van der Waals surface area contributed by atoms with E-state index in [0.29, 0.717) is 5.15 Å². The first-order valence-corrected chi connectivity index (χ1v) is 5.07. The molecule has 2 aromatic rings. The SMILES string of the molecule is NOCc1cccc(-c2cccnc2Cl)n1. The Bertz CT molecular complexity index is 490. The molecular weight excluding hydrogens is 226 g/mol. The van der Waals surface area contributed by atoms with Gasteiger partial charge in [0.15, 0.2) is 0 Å². The minimum atomic E-state index is 0.270. The minimum Gasteiger partial charge on any atom is -0.298 e. The average Bonchev–Trinajstić information content (AvgIpc) is 2.30. The Labute approximate surface area is 98.0 Å². The second kappa shape index (κ2) is 5.03. The molecule has 2 N–H and O–H groups in total. The third kappa shape index (κ3) is 2.36. The Balaban J connectivity index is 2.40. The van der Waals surface area contributed by atoms with E-state index in [9.17, 15) is 0 Å². The third-order valence-corrected chi connectivity index (χ3v) is 2.37. The molecule has 0 aliphatic carbocycles. The van der Waals surface area contributed by atoms with E-state index in [1.807, 2.05) is 30.3 Å². The molecule has 0 aliphatic heterocycles. The van der Waals surface area contributed by atoms with Crippen LogP contribution in [0.15, 0.2) is 36.5 Å². The van der Waals surface area contributed by atoms with Crippen LogP contribution in [0.5, 0.6) is 0 Å². The quantitative estimate of drug-likeness (QED) is 0.654. The summed E-state index contributed by atoms with van der Waals surface area (Å²) in [6.07, 6.45) is 1.64. The molecule has 0 amide bonds. The molecule has 0 atom stereocenters. The molecule has 2 aromatic heterocycles. The topological polar surface area (TPSA) is 61.0 Å². The highest BCUT2D eigenvalue weighted by atomic mass is 35.5. The van der Waals surface area contributed by atoms with Crippen molar-refractivity contribution in [3.63, 3.8) is 0 Å². The summed E-state index contributed by atoms with van der Waals surface area (Å²) in [5, 5.41) is 0.431. The number of hydrogen-bond acceptors (Lipinski definition) is 4. The third-order valence-electron chi connectivity index (χ3n) is 2.07. The van der Waals surface area contributed by atoms with Gasteiger partial charge in [-0.15, -0.1) is 0 Å². The van der Waals surface area contributed by atoms with Crippen molar-refractivity contribution in [2.24, 2.45) is 5.90 Å². The predicted octanol–water partition coefficient (Wildman–Crippen LogP) is 2.19. The lowest BCUT2D eigenvalue weighted by Gasteiger charge is -2.04. The van der Waals surface area contributed by atoms with Gasteiger partial charge < -0.3 is 0 Å². The number of aromatic nitrogens is 2. The normalized spacial score (nSPS) is 10.4. The first kappa shape index (κ1) is 11.0. The maximum Gasteiger partial charge on any atom is 0.138 e. The lowest BCUT2D eigenvalue weighted by molar-refractivity contribution is 0.121. The average molecular weight is 236 g/mol. The molecule has 0 unspecified atom stereocenters. The first-order valence-electron chi connectivity index (χ1n) is 4.70. The molecule has 0 radical (unpaired) electrons. The number of nitrogens with zero attached hydrogens (tertiary/aromatic N) is 2. The fourth-order valence-electron chi connectivity index (χ4n) is 1.37. The van der Waals surface area contributed by atoms with Gasteiger partial charge in [-0.3, -0.25) is 9.82 Å². The summed E-state index contributed by atoms with van der Waals surface area (Å²) in [6, 6.07) is 9.25. The van der Waals surface area contributed by atoms with Crippen LogP contribution in [0.25, 0.3) is 11.3 Å². The van der Waals surface area contributed by atoms with E-state index >= 15 is 0 Å². The van der Waals surface area contributed by atoms with Crippen molar-refractivity contribution in [1.82, 2.24) is 9.97 Å². The van der Waals surface area contributed by atoms with Gasteiger partial charge >= 0.3 is 0 Å². The molecule has 0 saturated carbocycles. The maximum atomic E-state index is 5.98. The lowest BCUT2D eigenvalue weighted by atomic mass is 10.2. The van der Waals surface area contributed by atoms with Gasteiger partial charge in [0.2, 0.25) is 0 Å². The zero-order valence-electron chi connectivity index (χ0n) is 8.43. The molecule has 0 bridgehead atoms. The number of pyridine rings is 2. The summed E-state index contributed by atoms with van der Waals surface area (Å²) >= 11 is 5.98. The van der Waals surface area contributed by atoms with Crippen LogP contribution in [0.2, 0.25) is 5.15 Å². The number of halogens is 1. The van der Waals surface area contributed by atoms with Gasteiger partial charge in [0, 0.05) is 11.8 Å². The van der Waals surface area contributed by atoms with Crippen molar-refractivity contribution >= 4 is 11.6 Å². The molecule has 2 rings (SSSR count). The Morgan fingerprint density at radius 3 is 2.88 bits per heavy atom. The Morgan fingerprint density at radius 2 is 2.12 bits per heavy atom. The van der Waals surface area contributed by atoms with E-state index in [1.165, 1.54) is 0 Å². The standard InChI is InChI=1S/C11H10ClN3O/c12-11-9(4-2-6-14-11)10-5-1-3-8(15-10)7-16-13/h1-6H,7,13H2. The van der Waals surface area contributed by atoms with Crippen LogP contribution in [0.1, 0.15) is 5.69 Å². The highest BCUT2D eigenvalue weighted by Gasteiger charge is 2.05. The monoisotopic (exact) mass is 235 g/mol. The van der Waals surface area contributed by atoms with E-state index in [0.717, 1.165) is 17.0 Å². The van der Waals surface area contributed by atoms with Gasteiger partial charge in [0.25, 0.3) is 0 Å².